The second-order valence-corrected chi connectivity index (χ2v) is 8.52. The highest BCUT2D eigenvalue weighted by Gasteiger charge is 2.15. The van der Waals surface area contributed by atoms with E-state index in [9.17, 15) is 18.1 Å². The van der Waals surface area contributed by atoms with Crippen LogP contribution in [0.2, 0.25) is 0 Å². The van der Waals surface area contributed by atoms with Gasteiger partial charge in [-0.2, -0.15) is 8.42 Å². The topological polar surface area (TPSA) is 83.8 Å². The van der Waals surface area contributed by atoms with Crippen LogP contribution in [0.3, 0.4) is 0 Å². The Morgan fingerprint density at radius 2 is 1.71 bits per heavy atom. The van der Waals surface area contributed by atoms with Gasteiger partial charge in [0.2, 0.25) is 0 Å². The van der Waals surface area contributed by atoms with Crippen molar-refractivity contribution in [2.45, 2.75) is 50.0 Å². The summed E-state index contributed by atoms with van der Waals surface area (Å²) >= 11 is 0. The van der Waals surface area contributed by atoms with E-state index in [1.807, 2.05) is 30.3 Å². The number of fused-ring (bicyclic) bond motifs is 2. The third-order valence-corrected chi connectivity index (χ3v) is 5.74. The summed E-state index contributed by atoms with van der Waals surface area (Å²) in [5, 5.41) is 13.5. The van der Waals surface area contributed by atoms with Crippen molar-refractivity contribution >= 4 is 31.7 Å². The molecule has 1 unspecified atom stereocenters. The lowest BCUT2D eigenvalue weighted by atomic mass is 10.0. The lowest BCUT2D eigenvalue weighted by Gasteiger charge is -2.16. The van der Waals surface area contributed by atoms with Crippen molar-refractivity contribution in [3.05, 3.63) is 48.5 Å². The largest absolute Gasteiger partial charge is 0.490 e. The van der Waals surface area contributed by atoms with Crippen LogP contribution in [-0.4, -0.2) is 30.8 Å². The number of unbranched alkanes of at least 4 members (excludes halogenated alkanes) is 3. The lowest BCUT2D eigenvalue weighted by molar-refractivity contribution is 0.0990. The van der Waals surface area contributed by atoms with Gasteiger partial charge in [-0.25, -0.2) is 0 Å². The average Bonchev–Trinajstić information content (AvgIpc) is 2.67. The van der Waals surface area contributed by atoms with E-state index in [4.69, 9.17) is 4.74 Å². The molecule has 0 bridgehead atoms. The second kappa shape index (κ2) is 8.90. The van der Waals surface area contributed by atoms with E-state index in [1.54, 1.807) is 6.07 Å². The molecule has 28 heavy (non-hydrogen) atoms. The zero-order valence-corrected chi connectivity index (χ0v) is 16.8. The predicted octanol–water partition coefficient (Wildman–Crippen LogP) is 4.95. The monoisotopic (exact) mass is 402 g/mol. The SMILES string of the molecule is CCCCCCC(O)COc1c2ccccc2cc2ccc(S(=O)(=O)O)cc12. The number of rotatable bonds is 9. The summed E-state index contributed by atoms with van der Waals surface area (Å²) in [5.41, 5.74) is 0. The molecule has 150 valence electrons. The van der Waals surface area contributed by atoms with Crippen molar-refractivity contribution < 1.29 is 22.8 Å². The van der Waals surface area contributed by atoms with Crippen LogP contribution < -0.4 is 4.74 Å². The van der Waals surface area contributed by atoms with E-state index >= 15 is 0 Å². The molecular weight excluding hydrogens is 376 g/mol. The summed E-state index contributed by atoms with van der Waals surface area (Å²) in [6.45, 7) is 2.28. The van der Waals surface area contributed by atoms with Crippen molar-refractivity contribution in [2.24, 2.45) is 0 Å². The smallest absolute Gasteiger partial charge is 0.294 e. The standard InChI is InChI=1S/C22H26O5S/c1-2-3-4-5-9-18(23)15-27-22-20-10-7-6-8-16(20)13-17-11-12-19(14-21(17)22)28(24,25)26/h6-8,10-14,18,23H,2-5,9,15H2,1H3,(H,24,25,26). The highest BCUT2D eigenvalue weighted by Crippen LogP contribution is 2.36. The number of hydrogen-bond donors (Lipinski definition) is 2. The number of aliphatic hydroxyl groups excluding tert-OH is 1. The third kappa shape index (κ3) is 4.82. The second-order valence-electron chi connectivity index (χ2n) is 7.10. The average molecular weight is 403 g/mol. The Morgan fingerprint density at radius 1 is 0.964 bits per heavy atom. The number of benzene rings is 3. The molecule has 0 aliphatic heterocycles. The fourth-order valence-electron chi connectivity index (χ4n) is 3.39. The molecule has 0 aliphatic rings. The molecule has 0 aromatic heterocycles. The Morgan fingerprint density at radius 3 is 2.46 bits per heavy atom. The van der Waals surface area contributed by atoms with Crippen molar-refractivity contribution in [2.75, 3.05) is 6.61 Å². The van der Waals surface area contributed by atoms with Gasteiger partial charge in [0.15, 0.2) is 0 Å². The summed E-state index contributed by atoms with van der Waals surface area (Å²) < 4.78 is 38.5. The van der Waals surface area contributed by atoms with E-state index in [0.29, 0.717) is 17.6 Å². The molecule has 3 aromatic rings. The molecule has 2 N–H and O–H groups in total. The molecule has 0 radical (unpaired) electrons. The summed E-state index contributed by atoms with van der Waals surface area (Å²) in [5.74, 6) is 0.520. The molecule has 0 saturated heterocycles. The Hall–Kier alpha value is -2.15. The number of ether oxygens (including phenoxy) is 1. The van der Waals surface area contributed by atoms with Gasteiger partial charge in [-0.1, -0.05) is 62.9 Å². The van der Waals surface area contributed by atoms with Crippen molar-refractivity contribution in [3.8, 4) is 5.75 Å². The maximum Gasteiger partial charge on any atom is 0.294 e. The van der Waals surface area contributed by atoms with Gasteiger partial charge in [-0.15, -0.1) is 0 Å². The summed E-state index contributed by atoms with van der Waals surface area (Å²) in [4.78, 5) is -0.180. The number of hydrogen-bond acceptors (Lipinski definition) is 4. The normalized spacial score (nSPS) is 13.1. The highest BCUT2D eigenvalue weighted by atomic mass is 32.2. The summed E-state index contributed by atoms with van der Waals surface area (Å²) in [6, 6.07) is 14.1. The lowest BCUT2D eigenvalue weighted by Crippen LogP contribution is -2.17. The molecule has 0 amide bonds. The van der Waals surface area contributed by atoms with Crippen molar-refractivity contribution in [3.63, 3.8) is 0 Å². The van der Waals surface area contributed by atoms with E-state index in [0.717, 1.165) is 41.8 Å². The van der Waals surface area contributed by atoms with Gasteiger partial charge in [0.05, 0.1) is 11.0 Å². The van der Waals surface area contributed by atoms with Gasteiger partial charge in [0, 0.05) is 10.8 Å². The molecule has 6 heteroatoms. The fourth-order valence-corrected chi connectivity index (χ4v) is 3.89. The van der Waals surface area contributed by atoms with Crippen LogP contribution in [0.4, 0.5) is 0 Å². The maximum atomic E-state index is 11.6. The molecule has 0 heterocycles. The number of aliphatic hydroxyl groups is 1. The van der Waals surface area contributed by atoms with Gasteiger partial charge in [0.1, 0.15) is 12.4 Å². The molecule has 0 spiro atoms. The molecule has 0 saturated carbocycles. The molecular formula is C22H26O5S. The van der Waals surface area contributed by atoms with Gasteiger partial charge < -0.3 is 9.84 Å². The van der Waals surface area contributed by atoms with Gasteiger partial charge >= 0.3 is 0 Å². The van der Waals surface area contributed by atoms with Gasteiger partial charge in [0.25, 0.3) is 10.1 Å². The Kier molecular flexibility index (Phi) is 6.54. The van der Waals surface area contributed by atoms with Gasteiger partial charge in [-0.3, -0.25) is 4.55 Å². The van der Waals surface area contributed by atoms with Crippen LogP contribution in [0.15, 0.2) is 53.4 Å². The zero-order valence-electron chi connectivity index (χ0n) is 16.0. The molecule has 5 nitrogen and oxygen atoms in total. The summed E-state index contributed by atoms with van der Waals surface area (Å²) in [7, 11) is -4.32. The van der Waals surface area contributed by atoms with Crippen molar-refractivity contribution in [1.29, 1.82) is 0 Å². The van der Waals surface area contributed by atoms with Crippen LogP contribution in [0.25, 0.3) is 21.5 Å². The van der Waals surface area contributed by atoms with Crippen LogP contribution in [0.5, 0.6) is 5.75 Å². The first-order valence-corrected chi connectivity index (χ1v) is 11.1. The Labute approximate surface area is 165 Å². The zero-order chi connectivity index (χ0) is 20.1. The first kappa shape index (κ1) is 20.6. The summed E-state index contributed by atoms with van der Waals surface area (Å²) in [6.07, 6.45) is 4.41. The minimum Gasteiger partial charge on any atom is -0.490 e. The highest BCUT2D eigenvalue weighted by molar-refractivity contribution is 7.85. The molecule has 3 rings (SSSR count). The first-order chi connectivity index (χ1) is 13.4. The Bertz CT molecular complexity index is 1060. The fraction of sp³-hybridized carbons (Fsp3) is 0.364. The predicted molar refractivity (Wildman–Crippen MR) is 112 cm³/mol. The quantitative estimate of drug-likeness (QED) is 0.301. The maximum absolute atomic E-state index is 11.6. The Balaban J connectivity index is 1.95. The molecule has 0 fully saturated rings. The van der Waals surface area contributed by atoms with Crippen molar-refractivity contribution in [1.82, 2.24) is 0 Å². The van der Waals surface area contributed by atoms with Crippen LogP contribution >= 0.6 is 0 Å². The van der Waals surface area contributed by atoms with Crippen LogP contribution in [0, 0.1) is 0 Å². The van der Waals surface area contributed by atoms with E-state index in [1.165, 1.54) is 12.1 Å². The van der Waals surface area contributed by atoms with Crippen LogP contribution in [-0.2, 0) is 10.1 Å². The minimum absolute atomic E-state index is 0.130. The molecule has 1 atom stereocenters. The minimum atomic E-state index is -4.32. The van der Waals surface area contributed by atoms with E-state index in [-0.39, 0.29) is 11.5 Å². The third-order valence-electron chi connectivity index (χ3n) is 4.89. The first-order valence-electron chi connectivity index (χ1n) is 9.64. The van der Waals surface area contributed by atoms with Gasteiger partial charge in [-0.05, 0) is 35.4 Å². The van der Waals surface area contributed by atoms with E-state index < -0.39 is 16.2 Å². The van der Waals surface area contributed by atoms with E-state index in [2.05, 4.69) is 6.92 Å². The molecule has 3 aromatic carbocycles. The van der Waals surface area contributed by atoms with Crippen LogP contribution in [0.1, 0.15) is 39.0 Å². The molecule has 0 aliphatic carbocycles.